The molecule has 1 aromatic rings. The molecule has 4 nitrogen and oxygen atoms in total. The average molecular weight is 285 g/mol. The molecule has 1 fully saturated rings. The number of amidine groups is 1. The van der Waals surface area contributed by atoms with Crippen LogP contribution in [0.15, 0.2) is 29.3 Å². The molecule has 1 amide bonds. The number of rotatable bonds is 3. The van der Waals surface area contributed by atoms with E-state index in [0.29, 0.717) is 0 Å². The van der Waals surface area contributed by atoms with E-state index in [4.69, 9.17) is 0 Å². The van der Waals surface area contributed by atoms with Crippen molar-refractivity contribution in [2.45, 2.75) is 38.5 Å². The SMILES string of the molecule is O=C(Nc1ccccc1C1=NCCCN1)C1CCCCC1. The maximum Gasteiger partial charge on any atom is 0.227 e. The Morgan fingerprint density at radius 2 is 1.95 bits per heavy atom. The van der Waals surface area contributed by atoms with Gasteiger partial charge < -0.3 is 10.6 Å². The van der Waals surface area contributed by atoms with Crippen molar-refractivity contribution in [3.8, 4) is 0 Å². The number of carbonyl (C=O) groups excluding carboxylic acids is 1. The van der Waals surface area contributed by atoms with Gasteiger partial charge >= 0.3 is 0 Å². The first-order valence-corrected chi connectivity index (χ1v) is 8.03. The highest BCUT2D eigenvalue weighted by molar-refractivity contribution is 6.07. The van der Waals surface area contributed by atoms with Crippen molar-refractivity contribution in [3.63, 3.8) is 0 Å². The number of nitrogens with zero attached hydrogens (tertiary/aromatic N) is 1. The molecular weight excluding hydrogens is 262 g/mol. The van der Waals surface area contributed by atoms with Gasteiger partial charge in [-0.1, -0.05) is 31.4 Å². The standard InChI is InChI=1S/C17H23N3O/c21-17(13-7-2-1-3-8-13)20-15-10-5-4-9-14(15)16-18-11-6-12-19-16/h4-5,9-10,13H,1-3,6-8,11-12H2,(H,18,19)(H,20,21). The van der Waals surface area contributed by atoms with E-state index in [-0.39, 0.29) is 11.8 Å². The normalized spacial score (nSPS) is 19.5. The topological polar surface area (TPSA) is 53.5 Å². The van der Waals surface area contributed by atoms with Crippen LogP contribution in [0.2, 0.25) is 0 Å². The molecule has 1 aliphatic heterocycles. The molecule has 0 unspecified atom stereocenters. The molecule has 2 aliphatic rings. The van der Waals surface area contributed by atoms with Gasteiger partial charge in [0, 0.05) is 24.6 Å². The Labute approximate surface area is 126 Å². The minimum atomic E-state index is 0.165. The Kier molecular flexibility index (Phi) is 4.53. The highest BCUT2D eigenvalue weighted by atomic mass is 16.1. The lowest BCUT2D eigenvalue weighted by atomic mass is 9.88. The van der Waals surface area contributed by atoms with Gasteiger partial charge in [-0.25, -0.2) is 0 Å². The zero-order valence-corrected chi connectivity index (χ0v) is 12.4. The predicted molar refractivity (Wildman–Crippen MR) is 85.7 cm³/mol. The summed E-state index contributed by atoms with van der Waals surface area (Å²) in [6.45, 7) is 1.80. The Bertz CT molecular complexity index is 533. The Morgan fingerprint density at radius 1 is 1.14 bits per heavy atom. The Hall–Kier alpha value is -1.84. The second-order valence-corrected chi connectivity index (χ2v) is 5.88. The van der Waals surface area contributed by atoms with Gasteiger partial charge in [-0.15, -0.1) is 0 Å². The van der Waals surface area contributed by atoms with Crippen LogP contribution in [0.3, 0.4) is 0 Å². The summed E-state index contributed by atoms with van der Waals surface area (Å²) in [4.78, 5) is 17.0. The first kappa shape index (κ1) is 14.1. The summed E-state index contributed by atoms with van der Waals surface area (Å²) in [6, 6.07) is 7.94. The summed E-state index contributed by atoms with van der Waals surface area (Å²) in [5, 5.41) is 6.45. The summed E-state index contributed by atoms with van der Waals surface area (Å²) in [5.74, 6) is 1.24. The van der Waals surface area contributed by atoms with Crippen LogP contribution < -0.4 is 10.6 Å². The lowest BCUT2D eigenvalue weighted by Gasteiger charge is -2.22. The molecule has 0 atom stereocenters. The molecule has 1 aliphatic carbocycles. The highest BCUT2D eigenvalue weighted by Crippen LogP contribution is 2.26. The molecule has 3 rings (SSSR count). The minimum Gasteiger partial charge on any atom is -0.370 e. The summed E-state index contributed by atoms with van der Waals surface area (Å²) in [5.41, 5.74) is 1.88. The van der Waals surface area contributed by atoms with Crippen molar-refractivity contribution in [3.05, 3.63) is 29.8 Å². The molecule has 21 heavy (non-hydrogen) atoms. The first-order valence-electron chi connectivity index (χ1n) is 8.03. The van der Waals surface area contributed by atoms with Gasteiger partial charge in [-0.05, 0) is 31.4 Å². The molecule has 0 saturated heterocycles. The van der Waals surface area contributed by atoms with Crippen molar-refractivity contribution >= 4 is 17.4 Å². The minimum absolute atomic E-state index is 0.165. The van der Waals surface area contributed by atoms with Crippen molar-refractivity contribution in [1.29, 1.82) is 0 Å². The molecule has 112 valence electrons. The lowest BCUT2D eigenvalue weighted by molar-refractivity contribution is -0.120. The third kappa shape index (κ3) is 3.43. The fraction of sp³-hybridized carbons (Fsp3) is 0.529. The zero-order chi connectivity index (χ0) is 14.5. The summed E-state index contributed by atoms with van der Waals surface area (Å²) >= 11 is 0. The van der Waals surface area contributed by atoms with E-state index < -0.39 is 0 Å². The van der Waals surface area contributed by atoms with Crippen molar-refractivity contribution in [1.82, 2.24) is 5.32 Å². The maximum absolute atomic E-state index is 12.4. The number of nitrogens with one attached hydrogen (secondary N) is 2. The monoisotopic (exact) mass is 285 g/mol. The number of hydrogen-bond acceptors (Lipinski definition) is 3. The fourth-order valence-electron chi connectivity index (χ4n) is 3.11. The third-order valence-electron chi connectivity index (χ3n) is 4.31. The van der Waals surface area contributed by atoms with Crippen molar-refractivity contribution in [2.75, 3.05) is 18.4 Å². The maximum atomic E-state index is 12.4. The van der Waals surface area contributed by atoms with Crippen molar-refractivity contribution < 1.29 is 4.79 Å². The van der Waals surface area contributed by atoms with Gasteiger partial charge in [-0.2, -0.15) is 0 Å². The van der Waals surface area contributed by atoms with E-state index in [0.717, 1.165) is 49.4 Å². The van der Waals surface area contributed by atoms with E-state index in [9.17, 15) is 4.79 Å². The van der Waals surface area contributed by atoms with E-state index >= 15 is 0 Å². The molecule has 0 radical (unpaired) electrons. The average Bonchev–Trinajstić information content (AvgIpc) is 2.57. The van der Waals surface area contributed by atoms with Crippen LogP contribution >= 0.6 is 0 Å². The van der Waals surface area contributed by atoms with Gasteiger partial charge in [0.25, 0.3) is 0 Å². The van der Waals surface area contributed by atoms with Gasteiger partial charge in [0.05, 0.1) is 5.69 Å². The molecule has 2 N–H and O–H groups in total. The number of amides is 1. The van der Waals surface area contributed by atoms with E-state index in [1.54, 1.807) is 0 Å². The van der Waals surface area contributed by atoms with Crippen LogP contribution in [-0.2, 0) is 4.79 Å². The second-order valence-electron chi connectivity index (χ2n) is 5.88. The highest BCUT2D eigenvalue weighted by Gasteiger charge is 2.22. The molecular formula is C17H23N3O. The van der Waals surface area contributed by atoms with Crippen LogP contribution in [-0.4, -0.2) is 24.8 Å². The molecule has 0 spiro atoms. The predicted octanol–water partition coefficient (Wildman–Crippen LogP) is 2.95. The quantitative estimate of drug-likeness (QED) is 0.897. The number of benzene rings is 1. The van der Waals surface area contributed by atoms with Gasteiger partial charge in [0.2, 0.25) is 5.91 Å². The van der Waals surface area contributed by atoms with E-state index in [1.165, 1.54) is 19.3 Å². The second kappa shape index (κ2) is 6.74. The number of aliphatic imine (C=N–C) groups is 1. The van der Waals surface area contributed by atoms with Crippen LogP contribution in [0, 0.1) is 5.92 Å². The number of carbonyl (C=O) groups is 1. The summed E-state index contributed by atoms with van der Waals surface area (Å²) in [6.07, 6.45) is 6.73. The molecule has 0 bridgehead atoms. The van der Waals surface area contributed by atoms with Gasteiger partial charge in [0.15, 0.2) is 0 Å². The number of para-hydroxylation sites is 1. The van der Waals surface area contributed by atoms with Crippen LogP contribution in [0.4, 0.5) is 5.69 Å². The van der Waals surface area contributed by atoms with Crippen LogP contribution in [0.1, 0.15) is 44.1 Å². The fourth-order valence-corrected chi connectivity index (χ4v) is 3.11. The van der Waals surface area contributed by atoms with E-state index in [2.05, 4.69) is 15.6 Å². The molecule has 1 heterocycles. The Balaban J connectivity index is 1.75. The van der Waals surface area contributed by atoms with Crippen LogP contribution in [0.25, 0.3) is 0 Å². The number of anilines is 1. The molecule has 1 saturated carbocycles. The Morgan fingerprint density at radius 3 is 2.71 bits per heavy atom. The smallest absolute Gasteiger partial charge is 0.227 e. The van der Waals surface area contributed by atoms with Gasteiger partial charge in [-0.3, -0.25) is 9.79 Å². The van der Waals surface area contributed by atoms with E-state index in [1.807, 2.05) is 24.3 Å². The molecule has 4 heteroatoms. The van der Waals surface area contributed by atoms with Crippen LogP contribution in [0.5, 0.6) is 0 Å². The molecule has 0 aromatic heterocycles. The largest absolute Gasteiger partial charge is 0.370 e. The molecule has 1 aromatic carbocycles. The van der Waals surface area contributed by atoms with Gasteiger partial charge in [0.1, 0.15) is 5.84 Å². The lowest BCUT2D eigenvalue weighted by Crippen LogP contribution is -2.32. The zero-order valence-electron chi connectivity index (χ0n) is 12.4. The number of hydrogen-bond donors (Lipinski definition) is 2. The first-order chi connectivity index (χ1) is 10.3. The summed E-state index contributed by atoms with van der Waals surface area (Å²) < 4.78 is 0. The summed E-state index contributed by atoms with van der Waals surface area (Å²) in [7, 11) is 0. The third-order valence-corrected chi connectivity index (χ3v) is 4.31. The van der Waals surface area contributed by atoms with Crippen molar-refractivity contribution in [2.24, 2.45) is 10.9 Å².